The second kappa shape index (κ2) is 7.35. The molecule has 5 nitrogen and oxygen atoms in total. The Morgan fingerprint density at radius 3 is 2.64 bits per heavy atom. The van der Waals surface area contributed by atoms with E-state index in [1.54, 1.807) is 18.3 Å². The van der Waals surface area contributed by atoms with Crippen LogP contribution in [0.4, 0.5) is 10.3 Å². The van der Waals surface area contributed by atoms with Gasteiger partial charge >= 0.3 is 0 Å². The summed E-state index contributed by atoms with van der Waals surface area (Å²) in [6.07, 6.45) is 5.07. The van der Waals surface area contributed by atoms with Crippen molar-refractivity contribution in [2.75, 3.05) is 26.5 Å². The first-order chi connectivity index (χ1) is 12.0. The molecule has 1 aromatic carbocycles. The van der Waals surface area contributed by atoms with Gasteiger partial charge in [-0.25, -0.2) is 14.4 Å². The van der Waals surface area contributed by atoms with E-state index in [4.69, 9.17) is 4.74 Å². The summed E-state index contributed by atoms with van der Waals surface area (Å²) in [4.78, 5) is 11.2. The van der Waals surface area contributed by atoms with E-state index in [-0.39, 0.29) is 5.82 Å². The minimum atomic E-state index is -0.337. The molecule has 0 saturated heterocycles. The highest BCUT2D eigenvalue weighted by molar-refractivity contribution is 5.67. The molecule has 1 fully saturated rings. The molecule has 2 unspecified atom stereocenters. The van der Waals surface area contributed by atoms with Crippen molar-refractivity contribution in [3.63, 3.8) is 0 Å². The number of nitrogens with zero attached hydrogens (tertiary/aromatic N) is 3. The van der Waals surface area contributed by atoms with Crippen molar-refractivity contribution in [3.8, 4) is 16.9 Å². The summed E-state index contributed by atoms with van der Waals surface area (Å²) in [5, 5.41) is 3.42. The molecule has 1 saturated carbocycles. The molecule has 6 heteroatoms. The van der Waals surface area contributed by atoms with Gasteiger partial charge < -0.3 is 15.0 Å². The van der Waals surface area contributed by atoms with Crippen LogP contribution in [0.1, 0.15) is 25.0 Å². The molecule has 0 amide bonds. The van der Waals surface area contributed by atoms with Crippen LogP contribution in [0.2, 0.25) is 0 Å². The lowest BCUT2D eigenvalue weighted by molar-refractivity contribution is 0.297. The van der Waals surface area contributed by atoms with Crippen LogP contribution < -0.4 is 10.1 Å². The van der Waals surface area contributed by atoms with Crippen LogP contribution in [-0.4, -0.2) is 48.2 Å². The van der Waals surface area contributed by atoms with Gasteiger partial charge in [0.05, 0.1) is 12.8 Å². The third kappa shape index (κ3) is 3.90. The predicted octanol–water partition coefficient (Wildman–Crippen LogP) is 3.49. The van der Waals surface area contributed by atoms with Crippen LogP contribution in [-0.2, 0) is 0 Å². The van der Waals surface area contributed by atoms with E-state index in [0.29, 0.717) is 34.9 Å². The maximum Gasteiger partial charge on any atom is 0.223 e. The molecule has 0 spiro atoms. The van der Waals surface area contributed by atoms with Gasteiger partial charge in [0.2, 0.25) is 5.95 Å². The molecule has 2 atom stereocenters. The van der Waals surface area contributed by atoms with Crippen molar-refractivity contribution in [1.29, 1.82) is 0 Å². The fraction of sp³-hybridized carbons (Fsp3) is 0.474. The van der Waals surface area contributed by atoms with Gasteiger partial charge in [0.25, 0.3) is 0 Å². The zero-order valence-electron chi connectivity index (χ0n) is 15.2. The Morgan fingerprint density at radius 1 is 1.24 bits per heavy atom. The van der Waals surface area contributed by atoms with E-state index >= 15 is 0 Å². The molecule has 1 aliphatic rings. The predicted molar refractivity (Wildman–Crippen MR) is 97.5 cm³/mol. The number of nitrogens with one attached hydrogen (secondary N) is 1. The number of ether oxygens (including phenoxy) is 1. The van der Waals surface area contributed by atoms with Crippen LogP contribution in [0.3, 0.4) is 0 Å². The fourth-order valence-corrected chi connectivity index (χ4v) is 3.38. The second-order valence-corrected chi connectivity index (χ2v) is 6.81. The number of rotatable bonds is 5. The van der Waals surface area contributed by atoms with Gasteiger partial charge in [-0.2, -0.15) is 0 Å². The van der Waals surface area contributed by atoms with E-state index < -0.39 is 0 Å². The second-order valence-electron chi connectivity index (χ2n) is 6.81. The average molecular weight is 344 g/mol. The van der Waals surface area contributed by atoms with Gasteiger partial charge in [-0.15, -0.1) is 0 Å². The van der Waals surface area contributed by atoms with Crippen LogP contribution in [0.5, 0.6) is 5.75 Å². The Bertz CT molecular complexity index is 750. The van der Waals surface area contributed by atoms with Crippen molar-refractivity contribution in [1.82, 2.24) is 14.9 Å². The fourth-order valence-electron chi connectivity index (χ4n) is 3.38. The number of aryl methyl sites for hydroxylation is 1. The molecule has 1 aliphatic carbocycles. The van der Waals surface area contributed by atoms with E-state index in [0.717, 1.165) is 18.5 Å². The van der Waals surface area contributed by atoms with Gasteiger partial charge in [-0.3, -0.25) is 0 Å². The lowest BCUT2D eigenvalue weighted by Crippen LogP contribution is -2.27. The normalized spacial score (nSPS) is 20.1. The maximum absolute atomic E-state index is 14.3. The number of anilines is 1. The molecule has 1 heterocycles. The first-order valence-corrected chi connectivity index (χ1v) is 8.58. The highest BCUT2D eigenvalue weighted by Crippen LogP contribution is 2.29. The Morgan fingerprint density at radius 2 is 2.04 bits per heavy atom. The van der Waals surface area contributed by atoms with E-state index in [1.165, 1.54) is 19.6 Å². The smallest absolute Gasteiger partial charge is 0.223 e. The maximum atomic E-state index is 14.3. The summed E-state index contributed by atoms with van der Waals surface area (Å²) in [5.74, 6) is 0.769. The molecule has 0 aliphatic heterocycles. The van der Waals surface area contributed by atoms with Gasteiger partial charge in [0.1, 0.15) is 11.6 Å². The van der Waals surface area contributed by atoms with Crippen molar-refractivity contribution in [3.05, 3.63) is 35.9 Å². The summed E-state index contributed by atoms with van der Waals surface area (Å²) in [6, 6.07) is 5.80. The van der Waals surface area contributed by atoms with Gasteiger partial charge in [-0.1, -0.05) is 0 Å². The van der Waals surface area contributed by atoms with Crippen molar-refractivity contribution >= 4 is 5.95 Å². The Labute approximate surface area is 148 Å². The van der Waals surface area contributed by atoms with Crippen molar-refractivity contribution in [2.45, 2.75) is 38.3 Å². The third-order valence-corrected chi connectivity index (χ3v) is 4.91. The van der Waals surface area contributed by atoms with E-state index in [9.17, 15) is 4.39 Å². The van der Waals surface area contributed by atoms with Gasteiger partial charge in [-0.05, 0) is 52.4 Å². The first kappa shape index (κ1) is 17.6. The summed E-state index contributed by atoms with van der Waals surface area (Å²) < 4.78 is 19.3. The Hall–Kier alpha value is -2.21. The van der Waals surface area contributed by atoms with Crippen LogP contribution in [0.15, 0.2) is 24.4 Å². The molecule has 3 rings (SSSR count). The summed E-state index contributed by atoms with van der Waals surface area (Å²) in [6.45, 7) is 1.88. The molecule has 2 aromatic rings. The number of hydrogen-bond donors (Lipinski definition) is 1. The van der Waals surface area contributed by atoms with Gasteiger partial charge in [0.15, 0.2) is 0 Å². The zero-order valence-corrected chi connectivity index (χ0v) is 15.2. The number of halogens is 1. The Balaban J connectivity index is 1.75. The van der Waals surface area contributed by atoms with Crippen LogP contribution in [0, 0.1) is 12.7 Å². The third-order valence-electron chi connectivity index (χ3n) is 4.91. The highest BCUT2D eigenvalue weighted by atomic mass is 19.1. The quantitative estimate of drug-likeness (QED) is 0.900. The molecule has 1 aromatic heterocycles. The summed E-state index contributed by atoms with van der Waals surface area (Å²) in [7, 11) is 5.75. The monoisotopic (exact) mass is 344 g/mol. The molecular formula is C19H25FN4O. The standard InChI is InChI=1S/C19H25FN4O/c1-12-17(16-8-7-15(25-4)10-18(16)20)11-21-19(22-12)23-13-5-6-14(9-13)24(2)3/h7-8,10-11,13-14H,5-6,9H2,1-4H3,(H,21,22,23). The highest BCUT2D eigenvalue weighted by Gasteiger charge is 2.26. The SMILES string of the molecule is COc1ccc(-c2cnc(NC3CCC(N(C)C)C3)nc2C)c(F)c1. The average Bonchev–Trinajstić information content (AvgIpc) is 3.04. The summed E-state index contributed by atoms with van der Waals surface area (Å²) in [5.41, 5.74) is 1.94. The topological polar surface area (TPSA) is 50.3 Å². The van der Waals surface area contributed by atoms with E-state index in [2.05, 4.69) is 34.3 Å². The molecule has 0 bridgehead atoms. The minimum absolute atomic E-state index is 0.337. The lowest BCUT2D eigenvalue weighted by atomic mass is 10.1. The largest absolute Gasteiger partial charge is 0.497 e. The van der Waals surface area contributed by atoms with Crippen molar-refractivity contribution in [2.24, 2.45) is 0 Å². The Kier molecular flexibility index (Phi) is 5.18. The zero-order chi connectivity index (χ0) is 18.0. The molecular weight excluding hydrogens is 319 g/mol. The lowest BCUT2D eigenvalue weighted by Gasteiger charge is -2.19. The number of hydrogen-bond acceptors (Lipinski definition) is 5. The van der Waals surface area contributed by atoms with E-state index in [1.807, 2.05) is 6.92 Å². The first-order valence-electron chi connectivity index (χ1n) is 8.58. The number of methoxy groups -OCH3 is 1. The molecule has 134 valence electrons. The number of benzene rings is 1. The van der Waals surface area contributed by atoms with Gasteiger partial charge in [0, 0.05) is 35.5 Å². The minimum Gasteiger partial charge on any atom is -0.497 e. The van der Waals surface area contributed by atoms with Crippen LogP contribution >= 0.6 is 0 Å². The van der Waals surface area contributed by atoms with Crippen molar-refractivity contribution < 1.29 is 9.13 Å². The van der Waals surface area contributed by atoms with Crippen LogP contribution in [0.25, 0.3) is 11.1 Å². The molecule has 1 N–H and O–H groups in total. The molecule has 0 radical (unpaired) electrons. The molecule has 25 heavy (non-hydrogen) atoms. The summed E-state index contributed by atoms with van der Waals surface area (Å²) >= 11 is 0. The number of aromatic nitrogens is 2.